The van der Waals surface area contributed by atoms with E-state index in [0.717, 1.165) is 22.2 Å². The highest BCUT2D eigenvalue weighted by Gasteiger charge is 2.17. The summed E-state index contributed by atoms with van der Waals surface area (Å²) in [6.45, 7) is 8.27. The lowest BCUT2D eigenvalue weighted by Crippen LogP contribution is -2.14. The fraction of sp³-hybridized carbons (Fsp3) is 0.263. The molecule has 0 aliphatic heterocycles. The lowest BCUT2D eigenvalue weighted by atomic mass is 9.87. The van der Waals surface area contributed by atoms with E-state index in [-0.39, 0.29) is 10.3 Å². The minimum Gasteiger partial charge on any atom is -0.359 e. The second kappa shape index (κ2) is 5.67. The summed E-state index contributed by atoms with van der Waals surface area (Å²) in [7, 11) is -3.60. The number of aromatic nitrogens is 1. The smallest absolute Gasteiger partial charge is 0.261 e. The highest BCUT2D eigenvalue weighted by atomic mass is 32.2. The van der Waals surface area contributed by atoms with E-state index >= 15 is 0 Å². The van der Waals surface area contributed by atoms with Crippen LogP contribution in [0.5, 0.6) is 0 Å². The number of benzene rings is 2. The van der Waals surface area contributed by atoms with E-state index in [0.29, 0.717) is 5.69 Å². The van der Waals surface area contributed by atoms with Crippen molar-refractivity contribution in [2.45, 2.75) is 38.0 Å². The van der Waals surface area contributed by atoms with Crippen molar-refractivity contribution in [1.29, 1.82) is 0 Å². The van der Waals surface area contributed by atoms with Crippen molar-refractivity contribution < 1.29 is 8.42 Å². The molecule has 126 valence electrons. The van der Waals surface area contributed by atoms with Gasteiger partial charge in [-0.25, -0.2) is 8.42 Å². The predicted octanol–water partition coefficient (Wildman–Crippen LogP) is 4.57. The maximum Gasteiger partial charge on any atom is 0.261 e. The van der Waals surface area contributed by atoms with Gasteiger partial charge >= 0.3 is 0 Å². The molecule has 0 saturated carbocycles. The van der Waals surface area contributed by atoms with Crippen LogP contribution in [0.3, 0.4) is 0 Å². The Morgan fingerprint density at radius 1 is 0.958 bits per heavy atom. The van der Waals surface area contributed by atoms with Gasteiger partial charge in [-0.3, -0.25) is 4.72 Å². The van der Waals surface area contributed by atoms with Crippen LogP contribution < -0.4 is 4.72 Å². The SMILES string of the molecule is Cc1cc2cc(NS(=O)(=O)c3ccc(C(C)(C)C)cc3)ccc2[nH]1. The topological polar surface area (TPSA) is 62.0 Å². The van der Waals surface area contributed by atoms with Gasteiger partial charge in [0, 0.05) is 22.3 Å². The Hall–Kier alpha value is -2.27. The van der Waals surface area contributed by atoms with Gasteiger partial charge in [-0.1, -0.05) is 32.9 Å². The summed E-state index contributed by atoms with van der Waals surface area (Å²) in [5, 5.41) is 0.982. The predicted molar refractivity (Wildman–Crippen MR) is 99.0 cm³/mol. The highest BCUT2D eigenvalue weighted by molar-refractivity contribution is 7.92. The van der Waals surface area contributed by atoms with Gasteiger partial charge in [0.05, 0.1) is 4.90 Å². The van der Waals surface area contributed by atoms with Gasteiger partial charge in [-0.15, -0.1) is 0 Å². The van der Waals surface area contributed by atoms with Crippen LogP contribution in [-0.4, -0.2) is 13.4 Å². The maximum absolute atomic E-state index is 12.6. The van der Waals surface area contributed by atoms with E-state index < -0.39 is 10.0 Å². The molecule has 0 amide bonds. The van der Waals surface area contributed by atoms with Gasteiger partial charge < -0.3 is 4.98 Å². The van der Waals surface area contributed by atoms with Crippen LogP contribution in [0.15, 0.2) is 53.4 Å². The Kier molecular flexibility index (Phi) is 3.92. The van der Waals surface area contributed by atoms with Crippen LogP contribution in [0.2, 0.25) is 0 Å². The Morgan fingerprint density at radius 3 is 2.25 bits per heavy atom. The summed E-state index contributed by atoms with van der Waals surface area (Å²) in [5.74, 6) is 0. The first-order valence-electron chi connectivity index (χ1n) is 7.88. The number of aromatic amines is 1. The van der Waals surface area contributed by atoms with Gasteiger partial charge in [0.1, 0.15) is 0 Å². The van der Waals surface area contributed by atoms with Crippen molar-refractivity contribution in [2.24, 2.45) is 0 Å². The molecule has 1 aromatic heterocycles. The highest BCUT2D eigenvalue weighted by Crippen LogP contribution is 2.25. The molecule has 0 atom stereocenters. The molecular formula is C19H22N2O2S. The zero-order chi connectivity index (χ0) is 17.5. The van der Waals surface area contributed by atoms with E-state index in [2.05, 4.69) is 30.5 Å². The molecular weight excluding hydrogens is 320 g/mol. The first-order valence-corrected chi connectivity index (χ1v) is 9.36. The molecule has 0 bridgehead atoms. The molecule has 1 heterocycles. The molecule has 0 radical (unpaired) electrons. The van der Waals surface area contributed by atoms with E-state index in [1.165, 1.54) is 0 Å². The quantitative estimate of drug-likeness (QED) is 0.732. The molecule has 0 fully saturated rings. The van der Waals surface area contributed by atoms with Crippen molar-refractivity contribution in [3.05, 3.63) is 59.8 Å². The van der Waals surface area contributed by atoms with Gasteiger partial charge in [0.25, 0.3) is 10.0 Å². The van der Waals surface area contributed by atoms with Crippen LogP contribution in [0.1, 0.15) is 32.0 Å². The van der Waals surface area contributed by atoms with Crippen LogP contribution in [-0.2, 0) is 15.4 Å². The average Bonchev–Trinajstić information content (AvgIpc) is 2.85. The minimum atomic E-state index is -3.60. The number of H-pyrrole nitrogens is 1. The summed E-state index contributed by atoms with van der Waals surface area (Å²) in [6, 6.07) is 14.5. The number of sulfonamides is 1. The largest absolute Gasteiger partial charge is 0.359 e. The third-order valence-electron chi connectivity index (χ3n) is 4.04. The van der Waals surface area contributed by atoms with E-state index in [4.69, 9.17) is 0 Å². The molecule has 2 aromatic carbocycles. The lowest BCUT2D eigenvalue weighted by molar-refractivity contribution is 0.587. The van der Waals surface area contributed by atoms with Crippen molar-refractivity contribution >= 4 is 26.6 Å². The standard InChI is InChI=1S/C19H22N2O2S/c1-13-11-14-12-16(7-10-18(14)20-13)21-24(22,23)17-8-5-15(6-9-17)19(2,3)4/h5-12,20-21H,1-4H3. The van der Waals surface area contributed by atoms with Crippen molar-refractivity contribution in [3.8, 4) is 0 Å². The van der Waals surface area contributed by atoms with Gasteiger partial charge in [0.15, 0.2) is 0 Å². The number of rotatable bonds is 3. The van der Waals surface area contributed by atoms with E-state index in [9.17, 15) is 8.42 Å². The van der Waals surface area contributed by atoms with Crippen molar-refractivity contribution in [2.75, 3.05) is 4.72 Å². The molecule has 24 heavy (non-hydrogen) atoms. The summed E-state index contributed by atoms with van der Waals surface area (Å²) >= 11 is 0. The summed E-state index contributed by atoms with van der Waals surface area (Å²) in [5.41, 5.74) is 3.69. The van der Waals surface area contributed by atoms with Crippen LogP contribution in [0, 0.1) is 6.92 Å². The first-order chi connectivity index (χ1) is 11.1. The van der Waals surface area contributed by atoms with Gasteiger partial charge in [0.2, 0.25) is 0 Å². The van der Waals surface area contributed by atoms with Crippen LogP contribution in [0.25, 0.3) is 10.9 Å². The molecule has 2 N–H and O–H groups in total. The Labute approximate surface area is 143 Å². The second-order valence-corrected chi connectivity index (χ2v) is 8.82. The molecule has 0 spiro atoms. The van der Waals surface area contributed by atoms with Crippen LogP contribution in [0.4, 0.5) is 5.69 Å². The first kappa shape index (κ1) is 16.6. The average molecular weight is 342 g/mol. The minimum absolute atomic E-state index is 0.00704. The third kappa shape index (κ3) is 3.31. The number of anilines is 1. The zero-order valence-electron chi connectivity index (χ0n) is 14.3. The Morgan fingerprint density at radius 2 is 1.62 bits per heavy atom. The van der Waals surface area contributed by atoms with E-state index in [1.54, 1.807) is 18.2 Å². The molecule has 4 nitrogen and oxygen atoms in total. The molecule has 3 rings (SSSR count). The fourth-order valence-electron chi connectivity index (χ4n) is 2.69. The number of aryl methyl sites for hydroxylation is 1. The van der Waals surface area contributed by atoms with E-state index in [1.807, 2.05) is 37.3 Å². The third-order valence-corrected chi connectivity index (χ3v) is 5.44. The number of nitrogens with one attached hydrogen (secondary N) is 2. The van der Waals surface area contributed by atoms with Gasteiger partial charge in [-0.2, -0.15) is 0 Å². The van der Waals surface area contributed by atoms with Crippen LogP contribution >= 0.6 is 0 Å². The van der Waals surface area contributed by atoms with Gasteiger partial charge in [-0.05, 0) is 54.3 Å². The number of hydrogen-bond acceptors (Lipinski definition) is 2. The molecule has 3 aromatic rings. The van der Waals surface area contributed by atoms with Crippen molar-refractivity contribution in [3.63, 3.8) is 0 Å². The zero-order valence-corrected chi connectivity index (χ0v) is 15.2. The monoisotopic (exact) mass is 342 g/mol. The number of hydrogen-bond donors (Lipinski definition) is 2. The fourth-order valence-corrected chi connectivity index (χ4v) is 3.74. The molecule has 0 unspecified atom stereocenters. The normalized spacial score (nSPS) is 12.5. The Bertz CT molecular complexity index is 978. The number of fused-ring (bicyclic) bond motifs is 1. The molecule has 0 aliphatic rings. The summed E-state index contributed by atoms with van der Waals surface area (Å²) < 4.78 is 27.8. The summed E-state index contributed by atoms with van der Waals surface area (Å²) in [6.07, 6.45) is 0. The molecule has 0 saturated heterocycles. The Balaban J connectivity index is 1.89. The maximum atomic E-state index is 12.6. The summed E-state index contributed by atoms with van der Waals surface area (Å²) in [4.78, 5) is 3.49. The molecule has 0 aliphatic carbocycles. The lowest BCUT2D eigenvalue weighted by Gasteiger charge is -2.19. The second-order valence-electron chi connectivity index (χ2n) is 7.13. The molecule has 5 heteroatoms. The van der Waals surface area contributed by atoms with Crippen molar-refractivity contribution in [1.82, 2.24) is 4.98 Å².